The fraction of sp³-hybridized carbons (Fsp3) is 0.409. The van der Waals surface area contributed by atoms with Gasteiger partial charge in [-0.1, -0.05) is 30.3 Å². The molecular formula is C22H30N4O3S. The first-order valence-electron chi connectivity index (χ1n) is 10.1. The van der Waals surface area contributed by atoms with Crippen molar-refractivity contribution in [2.45, 2.75) is 18.0 Å². The molecule has 8 heteroatoms. The third-order valence-corrected chi connectivity index (χ3v) is 7.23. The summed E-state index contributed by atoms with van der Waals surface area (Å²) in [6, 6.07) is 14.2. The molecule has 1 saturated heterocycles. The number of hydrogen-bond donors (Lipinski definition) is 1. The quantitative estimate of drug-likeness (QED) is 0.723. The third kappa shape index (κ3) is 5.46. The van der Waals surface area contributed by atoms with Crippen molar-refractivity contribution in [3.63, 3.8) is 0 Å². The van der Waals surface area contributed by atoms with Gasteiger partial charge in [0, 0.05) is 58.9 Å². The Bertz CT molecular complexity index is 983. The number of nitrogens with zero attached hydrogens (tertiary/aromatic N) is 3. The van der Waals surface area contributed by atoms with E-state index in [4.69, 9.17) is 0 Å². The van der Waals surface area contributed by atoms with Crippen LogP contribution in [0.4, 0.5) is 0 Å². The zero-order chi connectivity index (χ0) is 21.7. The number of benzene rings is 2. The highest BCUT2D eigenvalue weighted by molar-refractivity contribution is 7.89. The van der Waals surface area contributed by atoms with Crippen molar-refractivity contribution >= 4 is 15.9 Å². The molecule has 1 amide bonds. The van der Waals surface area contributed by atoms with E-state index in [0.717, 1.165) is 42.6 Å². The summed E-state index contributed by atoms with van der Waals surface area (Å²) in [4.78, 5) is 17.5. The molecule has 0 radical (unpaired) electrons. The first-order valence-corrected chi connectivity index (χ1v) is 11.5. The summed E-state index contributed by atoms with van der Waals surface area (Å²) in [5.74, 6) is -0.291. The van der Waals surface area contributed by atoms with Crippen LogP contribution in [-0.4, -0.2) is 75.8 Å². The van der Waals surface area contributed by atoms with Crippen LogP contribution >= 0.6 is 0 Å². The number of sulfonamides is 1. The van der Waals surface area contributed by atoms with E-state index in [9.17, 15) is 13.2 Å². The predicted octanol–water partition coefficient (Wildman–Crippen LogP) is 1.61. The summed E-state index contributed by atoms with van der Waals surface area (Å²) in [6.45, 7) is 5.44. The first-order chi connectivity index (χ1) is 14.3. The van der Waals surface area contributed by atoms with Crippen LogP contribution < -0.4 is 5.32 Å². The molecule has 0 aliphatic carbocycles. The first kappa shape index (κ1) is 22.4. The molecule has 0 aromatic heterocycles. The van der Waals surface area contributed by atoms with E-state index in [1.807, 2.05) is 18.2 Å². The Labute approximate surface area is 179 Å². The Morgan fingerprint density at radius 2 is 1.67 bits per heavy atom. The summed E-state index contributed by atoms with van der Waals surface area (Å²) in [5, 5.41) is 2.93. The van der Waals surface area contributed by atoms with Crippen LogP contribution in [-0.2, 0) is 23.1 Å². The molecule has 0 spiro atoms. The summed E-state index contributed by atoms with van der Waals surface area (Å²) < 4.78 is 25.8. The Hall–Kier alpha value is -2.26. The van der Waals surface area contributed by atoms with Gasteiger partial charge in [-0.3, -0.25) is 9.69 Å². The maximum Gasteiger partial charge on any atom is 0.251 e. The minimum atomic E-state index is -3.58. The molecule has 7 nitrogen and oxygen atoms in total. The Kier molecular flexibility index (Phi) is 7.25. The largest absolute Gasteiger partial charge is 0.348 e. The topological polar surface area (TPSA) is 73.0 Å². The minimum absolute atomic E-state index is 0.107. The van der Waals surface area contributed by atoms with Gasteiger partial charge in [0.05, 0.1) is 4.90 Å². The highest BCUT2D eigenvalue weighted by atomic mass is 32.2. The van der Waals surface area contributed by atoms with Gasteiger partial charge in [0.15, 0.2) is 0 Å². The van der Waals surface area contributed by atoms with Crippen LogP contribution in [0.3, 0.4) is 0 Å². The van der Waals surface area contributed by atoms with Crippen LogP contribution in [0.15, 0.2) is 53.4 Å². The van der Waals surface area contributed by atoms with E-state index in [-0.39, 0.29) is 10.8 Å². The Morgan fingerprint density at radius 1 is 1.00 bits per heavy atom. The second kappa shape index (κ2) is 9.70. The van der Waals surface area contributed by atoms with E-state index in [0.29, 0.717) is 12.1 Å². The lowest BCUT2D eigenvalue weighted by Gasteiger charge is -2.32. The second-order valence-corrected chi connectivity index (χ2v) is 10.00. The van der Waals surface area contributed by atoms with Gasteiger partial charge < -0.3 is 10.2 Å². The summed E-state index contributed by atoms with van der Waals surface area (Å²) in [6.07, 6.45) is 0. The van der Waals surface area contributed by atoms with Crippen LogP contribution in [0.2, 0.25) is 0 Å². The van der Waals surface area contributed by atoms with Crippen molar-refractivity contribution in [2.24, 2.45) is 0 Å². The number of hydrogen-bond acceptors (Lipinski definition) is 5. The standard InChI is InChI=1S/C22H30N4O3S/c1-24(2)30(28,29)21-10-6-9-18(15-21)22(27)23-16-19-7-4-5-8-20(19)17-26-13-11-25(3)12-14-26/h4-10,15H,11-14,16-17H2,1-3H3,(H,23,27). The number of piperazine rings is 1. The SMILES string of the molecule is CN1CCN(Cc2ccccc2CNC(=O)c2cccc(S(=O)(=O)N(C)C)c2)CC1. The van der Waals surface area contributed by atoms with E-state index in [1.165, 1.54) is 31.8 Å². The molecule has 2 aromatic carbocycles. The zero-order valence-electron chi connectivity index (χ0n) is 17.8. The monoisotopic (exact) mass is 430 g/mol. The Balaban J connectivity index is 1.67. The molecule has 0 saturated carbocycles. The van der Waals surface area contributed by atoms with Crippen molar-refractivity contribution in [1.82, 2.24) is 19.4 Å². The maximum absolute atomic E-state index is 12.7. The van der Waals surface area contributed by atoms with E-state index >= 15 is 0 Å². The van der Waals surface area contributed by atoms with Crippen LogP contribution in [0, 0.1) is 0 Å². The van der Waals surface area contributed by atoms with Gasteiger partial charge in [0.25, 0.3) is 5.91 Å². The molecule has 1 aliphatic heterocycles. The van der Waals surface area contributed by atoms with Gasteiger partial charge in [-0.15, -0.1) is 0 Å². The lowest BCUT2D eigenvalue weighted by molar-refractivity contribution is 0.0950. The molecule has 1 fully saturated rings. The van der Waals surface area contributed by atoms with Gasteiger partial charge in [-0.05, 0) is 36.4 Å². The summed E-state index contributed by atoms with van der Waals surface area (Å²) in [7, 11) is 1.50. The predicted molar refractivity (Wildman–Crippen MR) is 118 cm³/mol. The summed E-state index contributed by atoms with van der Waals surface area (Å²) >= 11 is 0. The molecule has 1 aliphatic rings. The average molecular weight is 431 g/mol. The van der Waals surface area contributed by atoms with Crippen molar-refractivity contribution in [3.8, 4) is 0 Å². The second-order valence-electron chi connectivity index (χ2n) is 7.85. The van der Waals surface area contributed by atoms with Crippen LogP contribution in [0.1, 0.15) is 21.5 Å². The Morgan fingerprint density at radius 3 is 2.33 bits per heavy atom. The molecule has 162 valence electrons. The maximum atomic E-state index is 12.7. The molecule has 3 rings (SSSR count). The molecule has 0 atom stereocenters. The molecule has 0 bridgehead atoms. The van der Waals surface area contributed by atoms with E-state index < -0.39 is 10.0 Å². The normalized spacial score (nSPS) is 16.0. The smallest absolute Gasteiger partial charge is 0.251 e. The van der Waals surface area contributed by atoms with Crippen LogP contribution in [0.25, 0.3) is 0 Å². The molecule has 1 heterocycles. The molecule has 30 heavy (non-hydrogen) atoms. The number of carbonyl (C=O) groups is 1. The van der Waals surface area contributed by atoms with Gasteiger partial charge in [-0.25, -0.2) is 12.7 Å². The van der Waals surface area contributed by atoms with Gasteiger partial charge in [0.2, 0.25) is 10.0 Å². The number of likely N-dealkylation sites (N-methyl/N-ethyl adjacent to an activating group) is 1. The highest BCUT2D eigenvalue weighted by Gasteiger charge is 2.19. The highest BCUT2D eigenvalue weighted by Crippen LogP contribution is 2.16. The van der Waals surface area contributed by atoms with E-state index in [1.54, 1.807) is 12.1 Å². The average Bonchev–Trinajstić information content (AvgIpc) is 2.74. The van der Waals surface area contributed by atoms with Crippen molar-refractivity contribution in [2.75, 3.05) is 47.3 Å². The van der Waals surface area contributed by atoms with Crippen molar-refractivity contribution in [1.29, 1.82) is 0 Å². The van der Waals surface area contributed by atoms with Gasteiger partial charge >= 0.3 is 0 Å². The number of nitrogens with one attached hydrogen (secondary N) is 1. The lowest BCUT2D eigenvalue weighted by atomic mass is 10.1. The van der Waals surface area contributed by atoms with Crippen molar-refractivity contribution < 1.29 is 13.2 Å². The molecule has 0 unspecified atom stereocenters. The lowest BCUT2D eigenvalue weighted by Crippen LogP contribution is -2.44. The zero-order valence-corrected chi connectivity index (χ0v) is 18.7. The fourth-order valence-electron chi connectivity index (χ4n) is 3.42. The number of rotatable bonds is 7. The van der Waals surface area contributed by atoms with Gasteiger partial charge in [0.1, 0.15) is 0 Å². The molecular weight excluding hydrogens is 400 g/mol. The van der Waals surface area contributed by atoms with Crippen molar-refractivity contribution in [3.05, 3.63) is 65.2 Å². The minimum Gasteiger partial charge on any atom is -0.348 e. The van der Waals surface area contributed by atoms with Gasteiger partial charge in [-0.2, -0.15) is 0 Å². The number of amides is 1. The summed E-state index contributed by atoms with van der Waals surface area (Å²) in [5.41, 5.74) is 2.60. The fourth-order valence-corrected chi connectivity index (χ4v) is 4.37. The third-order valence-electron chi connectivity index (χ3n) is 5.42. The molecule has 1 N–H and O–H groups in total. The van der Waals surface area contributed by atoms with Crippen LogP contribution in [0.5, 0.6) is 0 Å². The number of carbonyl (C=O) groups excluding carboxylic acids is 1. The van der Waals surface area contributed by atoms with E-state index in [2.05, 4.69) is 28.2 Å². The molecule has 2 aromatic rings.